The van der Waals surface area contributed by atoms with Crippen LogP contribution in [0.1, 0.15) is 27.0 Å². The Labute approximate surface area is 169 Å². The number of hydrogen-bond acceptors (Lipinski definition) is 5. The number of nitriles is 1. The Bertz CT molecular complexity index is 1340. The summed E-state index contributed by atoms with van der Waals surface area (Å²) in [5.74, 6) is -0.669. The maximum atomic E-state index is 13.3. The predicted octanol–water partition coefficient (Wildman–Crippen LogP) is 4.05. The molecule has 0 radical (unpaired) electrons. The number of carboxylic acid groups (broad SMARTS) is 1. The quantitative estimate of drug-likeness (QED) is 0.556. The molecule has 4 rings (SSSR count). The Morgan fingerprint density at radius 1 is 1.24 bits per heavy atom. The fraction of sp³-hybridized carbons (Fsp3) is 0.0909. The van der Waals surface area contributed by atoms with Gasteiger partial charge in [-0.1, -0.05) is 35.9 Å². The minimum Gasteiger partial charge on any atom is -0.478 e. The van der Waals surface area contributed by atoms with Crippen LogP contribution in [0.15, 0.2) is 58.7 Å². The molecule has 0 aliphatic rings. The van der Waals surface area contributed by atoms with E-state index in [1.807, 2.05) is 31.2 Å². The highest BCUT2D eigenvalue weighted by atomic mass is 32.1. The minimum atomic E-state index is -1.15. The summed E-state index contributed by atoms with van der Waals surface area (Å²) in [5.41, 5.74) is 2.72. The highest BCUT2D eigenvalue weighted by Gasteiger charge is 2.20. The van der Waals surface area contributed by atoms with Crippen LogP contribution in [0.4, 0.5) is 0 Å². The first-order valence-corrected chi connectivity index (χ1v) is 9.67. The molecule has 0 bridgehead atoms. The molecular formula is C22H15N3O3S. The van der Waals surface area contributed by atoms with Gasteiger partial charge in [0.1, 0.15) is 10.7 Å². The molecule has 2 aromatic carbocycles. The Morgan fingerprint density at radius 3 is 2.66 bits per heavy atom. The Kier molecular flexibility index (Phi) is 4.71. The molecule has 1 N–H and O–H groups in total. The van der Waals surface area contributed by atoms with Gasteiger partial charge in [0, 0.05) is 10.9 Å². The molecule has 29 heavy (non-hydrogen) atoms. The molecule has 0 spiro atoms. The number of rotatable bonds is 4. The average Bonchev–Trinajstić information content (AvgIpc) is 3.15. The van der Waals surface area contributed by atoms with Crippen molar-refractivity contribution in [3.63, 3.8) is 0 Å². The van der Waals surface area contributed by atoms with Gasteiger partial charge >= 0.3 is 5.97 Å². The van der Waals surface area contributed by atoms with Gasteiger partial charge < -0.3 is 5.11 Å². The smallest absolute Gasteiger partial charge is 0.337 e. The van der Waals surface area contributed by atoms with Crippen molar-refractivity contribution in [3.8, 4) is 17.5 Å². The van der Waals surface area contributed by atoms with Gasteiger partial charge in [0.25, 0.3) is 5.56 Å². The summed E-state index contributed by atoms with van der Waals surface area (Å²) < 4.78 is 1.50. The second-order valence-electron chi connectivity index (χ2n) is 6.64. The van der Waals surface area contributed by atoms with E-state index in [0.29, 0.717) is 16.2 Å². The van der Waals surface area contributed by atoms with Crippen molar-refractivity contribution in [1.29, 1.82) is 5.26 Å². The van der Waals surface area contributed by atoms with Crippen LogP contribution < -0.4 is 5.56 Å². The lowest BCUT2D eigenvalue weighted by atomic mass is 10.1. The number of aromatic carboxylic acids is 1. The monoisotopic (exact) mass is 401 g/mol. The normalized spacial score (nSPS) is 10.8. The lowest BCUT2D eigenvalue weighted by Gasteiger charge is -2.13. The van der Waals surface area contributed by atoms with Crippen LogP contribution in [0.5, 0.6) is 0 Å². The van der Waals surface area contributed by atoms with Gasteiger partial charge in [0.2, 0.25) is 0 Å². The maximum Gasteiger partial charge on any atom is 0.337 e. The van der Waals surface area contributed by atoms with Crippen molar-refractivity contribution in [2.75, 3.05) is 0 Å². The second-order valence-corrected chi connectivity index (χ2v) is 7.50. The zero-order chi connectivity index (χ0) is 20.5. The van der Waals surface area contributed by atoms with Gasteiger partial charge in [0.05, 0.1) is 29.1 Å². The minimum absolute atomic E-state index is 0.0353. The molecule has 0 amide bonds. The van der Waals surface area contributed by atoms with Crippen LogP contribution in [-0.2, 0) is 6.54 Å². The van der Waals surface area contributed by atoms with E-state index in [1.165, 1.54) is 9.95 Å². The molecule has 142 valence electrons. The third kappa shape index (κ3) is 3.42. The molecule has 6 nitrogen and oxygen atoms in total. The molecule has 2 aromatic heterocycles. The fourth-order valence-electron chi connectivity index (χ4n) is 3.20. The average molecular weight is 401 g/mol. The van der Waals surface area contributed by atoms with Crippen LogP contribution >= 0.6 is 11.3 Å². The van der Waals surface area contributed by atoms with E-state index in [2.05, 4.69) is 11.1 Å². The summed E-state index contributed by atoms with van der Waals surface area (Å²) >= 11 is 1.15. The van der Waals surface area contributed by atoms with Crippen LogP contribution in [0.2, 0.25) is 0 Å². The van der Waals surface area contributed by atoms with Crippen LogP contribution in [0.25, 0.3) is 21.6 Å². The summed E-state index contributed by atoms with van der Waals surface area (Å²) in [6.45, 7) is 2.17. The summed E-state index contributed by atoms with van der Waals surface area (Å²) in [6.07, 6.45) is 0. The number of fused-ring (bicyclic) bond motifs is 1. The molecular weight excluding hydrogens is 386 g/mol. The van der Waals surface area contributed by atoms with E-state index < -0.39 is 11.5 Å². The van der Waals surface area contributed by atoms with E-state index in [-0.39, 0.29) is 17.5 Å². The predicted molar refractivity (Wildman–Crippen MR) is 111 cm³/mol. The lowest BCUT2D eigenvalue weighted by Crippen LogP contribution is -2.24. The summed E-state index contributed by atoms with van der Waals surface area (Å²) in [5, 5.41) is 20.0. The topological polar surface area (TPSA) is 96.0 Å². The number of carboxylic acids is 1. The van der Waals surface area contributed by atoms with Crippen molar-refractivity contribution in [2.45, 2.75) is 13.5 Å². The number of hydrogen-bond donors (Lipinski definition) is 1. The van der Waals surface area contributed by atoms with E-state index in [1.54, 1.807) is 24.3 Å². The van der Waals surface area contributed by atoms with Gasteiger partial charge in [-0.2, -0.15) is 5.26 Å². The molecule has 0 saturated carbocycles. The Morgan fingerprint density at radius 2 is 2.00 bits per heavy atom. The Hall–Kier alpha value is -3.76. The SMILES string of the molecule is Cc1cccc(-c2nc3scc(C(=O)O)c3c(=O)n2Cc2ccc(C#N)cc2)c1. The van der Waals surface area contributed by atoms with Crippen LogP contribution in [0, 0.1) is 18.3 Å². The standard InChI is InChI=1S/C22H15N3O3S/c1-13-3-2-4-16(9-13)19-24-20-18(17(12-29-20)22(27)28)21(26)25(19)11-15-7-5-14(10-23)6-8-15/h2-9,12H,11H2,1H3,(H,27,28). The number of aryl methyl sites for hydroxylation is 1. The number of aromatic nitrogens is 2. The molecule has 7 heteroatoms. The molecule has 0 saturated heterocycles. The van der Waals surface area contributed by atoms with Crippen molar-refractivity contribution < 1.29 is 9.90 Å². The molecule has 4 aromatic rings. The van der Waals surface area contributed by atoms with E-state index >= 15 is 0 Å². The first-order chi connectivity index (χ1) is 14.0. The van der Waals surface area contributed by atoms with Crippen molar-refractivity contribution >= 4 is 27.5 Å². The second kappa shape index (κ2) is 7.34. The van der Waals surface area contributed by atoms with E-state index in [4.69, 9.17) is 5.26 Å². The summed E-state index contributed by atoms with van der Waals surface area (Å²) in [4.78, 5) is 30.0. The van der Waals surface area contributed by atoms with Crippen molar-refractivity contribution in [1.82, 2.24) is 9.55 Å². The van der Waals surface area contributed by atoms with Crippen molar-refractivity contribution in [3.05, 3.63) is 86.5 Å². The van der Waals surface area contributed by atoms with Crippen LogP contribution in [-0.4, -0.2) is 20.6 Å². The molecule has 0 aliphatic heterocycles. The maximum absolute atomic E-state index is 13.3. The van der Waals surface area contributed by atoms with E-state index in [9.17, 15) is 14.7 Å². The first-order valence-electron chi connectivity index (χ1n) is 8.79. The summed E-state index contributed by atoms with van der Waals surface area (Å²) in [7, 11) is 0. The lowest BCUT2D eigenvalue weighted by molar-refractivity contribution is 0.0699. The van der Waals surface area contributed by atoms with E-state index in [0.717, 1.165) is 28.0 Å². The van der Waals surface area contributed by atoms with Gasteiger partial charge in [-0.25, -0.2) is 9.78 Å². The number of nitrogens with zero attached hydrogens (tertiary/aromatic N) is 3. The highest BCUT2D eigenvalue weighted by molar-refractivity contribution is 7.17. The molecule has 2 heterocycles. The van der Waals surface area contributed by atoms with Gasteiger partial charge in [-0.15, -0.1) is 11.3 Å². The van der Waals surface area contributed by atoms with Gasteiger partial charge in [0.15, 0.2) is 0 Å². The molecule has 0 unspecified atom stereocenters. The van der Waals surface area contributed by atoms with Gasteiger partial charge in [-0.05, 0) is 30.7 Å². The summed E-state index contributed by atoms with van der Waals surface area (Å²) in [6, 6.07) is 16.7. The number of thiophene rings is 1. The molecule has 0 atom stereocenters. The van der Waals surface area contributed by atoms with Crippen LogP contribution in [0.3, 0.4) is 0 Å². The fourth-order valence-corrected chi connectivity index (χ4v) is 4.10. The Balaban J connectivity index is 1.97. The molecule has 0 aliphatic carbocycles. The first kappa shape index (κ1) is 18.6. The third-order valence-electron chi connectivity index (χ3n) is 4.62. The molecule has 0 fully saturated rings. The zero-order valence-electron chi connectivity index (χ0n) is 15.4. The largest absolute Gasteiger partial charge is 0.478 e. The highest BCUT2D eigenvalue weighted by Crippen LogP contribution is 2.26. The third-order valence-corrected chi connectivity index (χ3v) is 5.50. The number of benzene rings is 2. The van der Waals surface area contributed by atoms with Crippen molar-refractivity contribution in [2.24, 2.45) is 0 Å². The van der Waals surface area contributed by atoms with Gasteiger partial charge in [-0.3, -0.25) is 9.36 Å². The number of carbonyl (C=O) groups is 1. The zero-order valence-corrected chi connectivity index (χ0v) is 16.2.